The van der Waals surface area contributed by atoms with Crippen molar-refractivity contribution in [3.63, 3.8) is 0 Å². The number of carbonyl (C=O) groups is 3. The third-order valence-corrected chi connectivity index (χ3v) is 11.4. The fourth-order valence-electron chi connectivity index (χ4n) is 7.24. The van der Waals surface area contributed by atoms with Crippen molar-refractivity contribution in [2.24, 2.45) is 0 Å². The lowest BCUT2D eigenvalue weighted by Crippen LogP contribution is -2.30. The van der Waals surface area contributed by atoms with Crippen LogP contribution in [0.5, 0.6) is 0 Å². The van der Waals surface area contributed by atoms with Crippen molar-refractivity contribution in [3.05, 3.63) is 85.1 Å². The van der Waals surface area contributed by atoms with Crippen LogP contribution in [0.25, 0.3) is 0 Å². The fourth-order valence-corrected chi connectivity index (χ4v) is 7.24. The summed E-state index contributed by atoms with van der Waals surface area (Å²) in [7, 11) is 0. The van der Waals surface area contributed by atoms with Gasteiger partial charge >= 0.3 is 17.9 Å². The van der Waals surface area contributed by atoms with E-state index in [0.717, 1.165) is 89.9 Å². The summed E-state index contributed by atoms with van der Waals surface area (Å²) >= 11 is 0. The lowest BCUT2D eigenvalue weighted by atomic mass is 10.1. The molecule has 0 amide bonds. The summed E-state index contributed by atoms with van der Waals surface area (Å²) in [6.07, 6.45) is 68.6. The van der Waals surface area contributed by atoms with Crippen molar-refractivity contribution in [2.45, 2.75) is 258 Å². The van der Waals surface area contributed by atoms with E-state index in [2.05, 4.69) is 99.8 Å². The predicted octanol–water partition coefficient (Wildman–Crippen LogP) is 18.0. The molecule has 0 bridgehead atoms. The lowest BCUT2D eigenvalue weighted by molar-refractivity contribution is -0.166. The van der Waals surface area contributed by atoms with E-state index in [-0.39, 0.29) is 37.5 Å². The predicted molar refractivity (Wildman–Crippen MR) is 279 cm³/mol. The molecule has 0 radical (unpaired) electrons. The molecule has 0 saturated carbocycles. The van der Waals surface area contributed by atoms with Crippen LogP contribution in [-0.4, -0.2) is 37.2 Å². The molecule has 1 atom stereocenters. The minimum absolute atomic E-state index is 0.107. The van der Waals surface area contributed by atoms with Crippen LogP contribution >= 0.6 is 0 Å². The van der Waals surface area contributed by atoms with Crippen LogP contribution < -0.4 is 0 Å². The molecule has 0 saturated heterocycles. The summed E-state index contributed by atoms with van der Waals surface area (Å²) in [6.45, 7) is 6.51. The molecule has 0 N–H and O–H groups in total. The van der Waals surface area contributed by atoms with Crippen molar-refractivity contribution in [1.29, 1.82) is 0 Å². The van der Waals surface area contributed by atoms with Crippen LogP contribution in [0.3, 0.4) is 0 Å². The van der Waals surface area contributed by atoms with Crippen LogP contribution in [-0.2, 0) is 28.6 Å². The van der Waals surface area contributed by atoms with Gasteiger partial charge in [-0.25, -0.2) is 0 Å². The van der Waals surface area contributed by atoms with Crippen LogP contribution in [0.15, 0.2) is 85.1 Å². The molecule has 6 heteroatoms. The highest BCUT2D eigenvalue weighted by Crippen LogP contribution is 2.13. The monoisotopic (exact) mass is 905 g/mol. The first-order valence-electron chi connectivity index (χ1n) is 27.1. The molecule has 0 aromatic carbocycles. The van der Waals surface area contributed by atoms with E-state index in [1.807, 2.05) is 6.08 Å². The summed E-state index contributed by atoms with van der Waals surface area (Å²) in [5.41, 5.74) is 0. The number of rotatable bonds is 48. The number of carbonyl (C=O) groups excluding carboxylic acids is 3. The van der Waals surface area contributed by atoms with Gasteiger partial charge in [-0.15, -0.1) is 0 Å². The van der Waals surface area contributed by atoms with Crippen LogP contribution in [0.1, 0.15) is 252 Å². The minimum Gasteiger partial charge on any atom is -0.462 e. The van der Waals surface area contributed by atoms with Gasteiger partial charge in [0.25, 0.3) is 0 Å². The number of allylic oxidation sites excluding steroid dienone is 14. The molecule has 0 fully saturated rings. The smallest absolute Gasteiger partial charge is 0.306 e. The van der Waals surface area contributed by atoms with Crippen molar-refractivity contribution >= 4 is 17.9 Å². The highest BCUT2D eigenvalue weighted by Gasteiger charge is 2.19. The highest BCUT2D eigenvalue weighted by atomic mass is 16.6. The first-order chi connectivity index (χ1) is 32.0. The number of unbranched alkanes of at least 4 members (excludes halogenated alkanes) is 23. The zero-order chi connectivity index (χ0) is 47.2. The Morgan fingerprint density at radius 2 is 0.585 bits per heavy atom. The average molecular weight is 905 g/mol. The Balaban J connectivity index is 4.51. The summed E-state index contributed by atoms with van der Waals surface area (Å²) in [6, 6.07) is 0. The number of ether oxygens (including phenoxy) is 3. The number of hydrogen-bond acceptors (Lipinski definition) is 6. The largest absolute Gasteiger partial charge is 0.462 e. The van der Waals surface area contributed by atoms with Crippen molar-refractivity contribution in [1.82, 2.24) is 0 Å². The SMILES string of the molecule is CCCCC/C=C\C/C=C\C/C=C\C/C=C\C/C=C\CCC(=O)OC[C@H](COC(=O)CCCCCCC/C=C\CCCCCCCC)OC(=O)CCCCCCC/C=C\CCCCCC. The molecule has 65 heavy (non-hydrogen) atoms. The second-order valence-corrected chi connectivity index (χ2v) is 17.8. The Morgan fingerprint density at radius 3 is 1.02 bits per heavy atom. The van der Waals surface area contributed by atoms with Gasteiger partial charge in [-0.05, 0) is 109 Å². The summed E-state index contributed by atoms with van der Waals surface area (Å²) < 4.78 is 16.7. The first kappa shape index (κ1) is 61.6. The highest BCUT2D eigenvalue weighted by molar-refractivity contribution is 5.71. The molecule has 6 nitrogen and oxygen atoms in total. The Labute approximate surface area is 401 Å². The first-order valence-corrected chi connectivity index (χ1v) is 27.1. The van der Waals surface area contributed by atoms with Gasteiger partial charge in [0.15, 0.2) is 6.10 Å². The maximum atomic E-state index is 12.8. The molecule has 0 aliphatic heterocycles. The van der Waals surface area contributed by atoms with E-state index in [9.17, 15) is 14.4 Å². The maximum Gasteiger partial charge on any atom is 0.306 e. The Morgan fingerprint density at radius 1 is 0.308 bits per heavy atom. The molecule has 0 aromatic rings. The zero-order valence-corrected chi connectivity index (χ0v) is 42.5. The summed E-state index contributed by atoms with van der Waals surface area (Å²) in [4.78, 5) is 38.0. The van der Waals surface area contributed by atoms with Gasteiger partial charge in [0.1, 0.15) is 13.2 Å². The standard InChI is InChI=1S/C59H100O6/c1-4-7-10-13-16-19-22-25-27-28-29-30-32-35-37-40-43-46-49-52-58(61)64-55-56(65-59(62)53-50-47-44-41-38-33-24-21-18-15-12-9-6-3)54-63-57(60)51-48-45-42-39-36-34-31-26-23-20-17-14-11-8-5-2/h16,19,21,24-27,29-31,35,37,43,46,56H,4-15,17-18,20,22-23,28,32-34,36,38-42,44-45,47-55H2,1-3H3/b19-16-,24-21-,27-25-,30-29-,31-26-,37-35-,46-43-/t56-/m0/s1. The van der Waals surface area contributed by atoms with Gasteiger partial charge in [0.05, 0.1) is 0 Å². The fraction of sp³-hybridized carbons (Fsp3) is 0.712. The summed E-state index contributed by atoms with van der Waals surface area (Å²) in [5.74, 6) is -1.01. The molecule has 0 aliphatic rings. The van der Waals surface area contributed by atoms with E-state index < -0.39 is 6.10 Å². The molecule has 0 heterocycles. The van der Waals surface area contributed by atoms with Gasteiger partial charge in [-0.1, -0.05) is 209 Å². The van der Waals surface area contributed by atoms with Gasteiger partial charge in [0, 0.05) is 19.3 Å². The van der Waals surface area contributed by atoms with E-state index >= 15 is 0 Å². The molecule has 0 aliphatic carbocycles. The lowest BCUT2D eigenvalue weighted by Gasteiger charge is -2.18. The van der Waals surface area contributed by atoms with Crippen molar-refractivity contribution < 1.29 is 28.6 Å². The molecule has 372 valence electrons. The number of hydrogen-bond donors (Lipinski definition) is 0. The third-order valence-electron chi connectivity index (χ3n) is 11.4. The van der Waals surface area contributed by atoms with Crippen LogP contribution in [0.2, 0.25) is 0 Å². The van der Waals surface area contributed by atoms with Crippen LogP contribution in [0, 0.1) is 0 Å². The second kappa shape index (κ2) is 53.2. The normalized spacial score (nSPS) is 12.7. The molecule has 0 rings (SSSR count). The van der Waals surface area contributed by atoms with Crippen molar-refractivity contribution in [3.8, 4) is 0 Å². The van der Waals surface area contributed by atoms with Gasteiger partial charge in [-0.3, -0.25) is 14.4 Å². The molecule has 0 unspecified atom stereocenters. The van der Waals surface area contributed by atoms with E-state index in [1.54, 1.807) is 0 Å². The van der Waals surface area contributed by atoms with Gasteiger partial charge in [-0.2, -0.15) is 0 Å². The Kier molecular flexibility index (Phi) is 50.4. The number of esters is 3. The second-order valence-electron chi connectivity index (χ2n) is 17.8. The average Bonchev–Trinajstić information content (AvgIpc) is 3.30. The summed E-state index contributed by atoms with van der Waals surface area (Å²) in [5, 5.41) is 0. The zero-order valence-electron chi connectivity index (χ0n) is 42.5. The Hall–Kier alpha value is -3.41. The van der Waals surface area contributed by atoms with E-state index in [1.165, 1.54) is 116 Å². The quantitative estimate of drug-likeness (QED) is 0.0262. The van der Waals surface area contributed by atoms with E-state index in [0.29, 0.717) is 19.3 Å². The molecule has 0 spiro atoms. The topological polar surface area (TPSA) is 78.9 Å². The van der Waals surface area contributed by atoms with Gasteiger partial charge in [0.2, 0.25) is 0 Å². The third kappa shape index (κ3) is 51.4. The molecular formula is C59H100O6. The molecular weight excluding hydrogens is 805 g/mol. The maximum absolute atomic E-state index is 12.8. The van der Waals surface area contributed by atoms with Crippen molar-refractivity contribution in [2.75, 3.05) is 13.2 Å². The minimum atomic E-state index is -0.814. The molecule has 0 aromatic heterocycles. The Bertz CT molecular complexity index is 1270. The van der Waals surface area contributed by atoms with E-state index in [4.69, 9.17) is 14.2 Å². The van der Waals surface area contributed by atoms with Crippen LogP contribution in [0.4, 0.5) is 0 Å². The van der Waals surface area contributed by atoms with Gasteiger partial charge < -0.3 is 14.2 Å².